The highest BCUT2D eigenvalue weighted by molar-refractivity contribution is 5.96. The van der Waals surface area contributed by atoms with Gasteiger partial charge in [-0.3, -0.25) is 4.79 Å². The van der Waals surface area contributed by atoms with Crippen LogP contribution in [0.15, 0.2) is 70.0 Å². The molecule has 0 saturated carbocycles. The number of fused-ring (bicyclic) bond motifs is 1. The van der Waals surface area contributed by atoms with Gasteiger partial charge in [0.05, 0.1) is 23.1 Å². The molecule has 1 unspecified atom stereocenters. The van der Waals surface area contributed by atoms with Gasteiger partial charge in [0.2, 0.25) is 5.88 Å². The predicted octanol–water partition coefficient (Wildman–Crippen LogP) is 7.08. The standard InChI is InChI=1S/C31H34N2O5/c1-18(2)36-28-13-12-21(17-32-28)27-16-26(34)24-15-19(3)14-23(29(24)37-27)20(4)33-25-11-9-8-10-22(25)30(35)38-31(5,6)7/h8-18,20,33H,1-7H3. The molecule has 4 rings (SSSR count). The quantitative estimate of drug-likeness (QED) is 0.264. The number of hydrogen-bond donors (Lipinski definition) is 1. The van der Waals surface area contributed by atoms with Crippen LogP contribution < -0.4 is 15.5 Å². The Labute approximate surface area is 222 Å². The van der Waals surface area contributed by atoms with Crippen LogP contribution in [0.4, 0.5) is 5.69 Å². The molecule has 2 aromatic carbocycles. The van der Waals surface area contributed by atoms with Crippen molar-refractivity contribution >= 4 is 22.6 Å². The maximum absolute atomic E-state index is 13.2. The van der Waals surface area contributed by atoms with Crippen LogP contribution in [0.2, 0.25) is 0 Å². The smallest absolute Gasteiger partial charge is 0.340 e. The molecule has 0 aliphatic heterocycles. The zero-order valence-corrected chi connectivity index (χ0v) is 22.9. The van der Waals surface area contributed by atoms with E-state index in [1.165, 1.54) is 6.07 Å². The SMILES string of the molecule is Cc1cc(C(C)Nc2ccccc2C(=O)OC(C)(C)C)c2oc(-c3ccc(OC(C)C)nc3)cc(=O)c2c1. The molecule has 0 aliphatic carbocycles. The lowest BCUT2D eigenvalue weighted by Crippen LogP contribution is -2.24. The molecule has 2 heterocycles. The number of aryl methyl sites for hydroxylation is 1. The van der Waals surface area contributed by atoms with Gasteiger partial charge in [-0.15, -0.1) is 0 Å². The Morgan fingerprint density at radius 2 is 1.76 bits per heavy atom. The minimum atomic E-state index is -0.615. The number of pyridine rings is 1. The second kappa shape index (κ2) is 10.7. The monoisotopic (exact) mass is 514 g/mol. The molecule has 0 spiro atoms. The van der Waals surface area contributed by atoms with Crippen LogP contribution in [0.3, 0.4) is 0 Å². The maximum Gasteiger partial charge on any atom is 0.340 e. The van der Waals surface area contributed by atoms with E-state index in [9.17, 15) is 9.59 Å². The normalized spacial score (nSPS) is 12.4. The van der Waals surface area contributed by atoms with Crippen molar-refractivity contribution in [3.8, 4) is 17.2 Å². The second-order valence-electron chi connectivity index (χ2n) is 10.7. The van der Waals surface area contributed by atoms with Gasteiger partial charge in [0.25, 0.3) is 0 Å². The number of benzene rings is 2. The van der Waals surface area contributed by atoms with E-state index in [1.54, 1.807) is 24.4 Å². The Balaban J connectivity index is 1.73. The Hall–Kier alpha value is -4.13. The van der Waals surface area contributed by atoms with Crippen LogP contribution in [0.5, 0.6) is 5.88 Å². The Morgan fingerprint density at radius 1 is 1.03 bits per heavy atom. The number of aromatic nitrogens is 1. The summed E-state index contributed by atoms with van der Waals surface area (Å²) in [5, 5.41) is 3.92. The molecule has 198 valence electrons. The Bertz CT molecular complexity index is 1510. The lowest BCUT2D eigenvalue weighted by atomic mass is 10.00. The first-order chi connectivity index (χ1) is 17.9. The van der Waals surface area contributed by atoms with Crippen LogP contribution in [-0.2, 0) is 4.74 Å². The summed E-state index contributed by atoms with van der Waals surface area (Å²) in [6.45, 7) is 13.3. The lowest BCUT2D eigenvalue weighted by Gasteiger charge is -2.22. The fraction of sp³-hybridized carbons (Fsp3) is 0.323. The van der Waals surface area contributed by atoms with E-state index in [1.807, 2.05) is 78.8 Å². The number of hydrogen-bond acceptors (Lipinski definition) is 7. The van der Waals surface area contributed by atoms with Crippen molar-refractivity contribution in [1.29, 1.82) is 0 Å². The first-order valence-electron chi connectivity index (χ1n) is 12.7. The molecule has 0 amide bonds. The number of nitrogens with one attached hydrogen (secondary N) is 1. The fourth-order valence-electron chi connectivity index (χ4n) is 4.17. The van der Waals surface area contributed by atoms with Crippen LogP contribution in [0, 0.1) is 6.92 Å². The molecule has 1 N–H and O–H groups in total. The molecule has 0 radical (unpaired) electrons. The predicted molar refractivity (Wildman–Crippen MR) is 150 cm³/mol. The first-order valence-corrected chi connectivity index (χ1v) is 12.7. The van der Waals surface area contributed by atoms with Crippen molar-refractivity contribution in [3.05, 3.63) is 87.7 Å². The van der Waals surface area contributed by atoms with Crippen molar-refractivity contribution in [3.63, 3.8) is 0 Å². The number of carbonyl (C=O) groups excluding carboxylic acids is 1. The van der Waals surface area contributed by atoms with Crippen LogP contribution in [0.25, 0.3) is 22.3 Å². The minimum Gasteiger partial charge on any atom is -0.475 e. The minimum absolute atomic E-state index is 0.00665. The molecular formula is C31H34N2O5. The van der Waals surface area contributed by atoms with E-state index in [0.29, 0.717) is 39.4 Å². The molecule has 1 atom stereocenters. The summed E-state index contributed by atoms with van der Waals surface area (Å²) >= 11 is 0. The number of esters is 1. The molecule has 0 bridgehead atoms. The highest BCUT2D eigenvalue weighted by atomic mass is 16.6. The molecule has 7 heteroatoms. The molecular weight excluding hydrogens is 480 g/mol. The third-order valence-electron chi connectivity index (χ3n) is 5.76. The van der Waals surface area contributed by atoms with Crippen molar-refractivity contribution < 1.29 is 18.7 Å². The van der Waals surface area contributed by atoms with Crippen molar-refractivity contribution in [2.24, 2.45) is 0 Å². The van der Waals surface area contributed by atoms with Crippen LogP contribution in [-0.4, -0.2) is 22.7 Å². The first kappa shape index (κ1) is 26.9. The summed E-state index contributed by atoms with van der Waals surface area (Å²) in [4.78, 5) is 30.4. The summed E-state index contributed by atoms with van der Waals surface area (Å²) in [5.74, 6) is 0.510. The zero-order chi connectivity index (χ0) is 27.6. The number of carbonyl (C=O) groups is 1. The number of rotatable bonds is 7. The van der Waals surface area contributed by atoms with Gasteiger partial charge in [-0.1, -0.05) is 18.2 Å². The van der Waals surface area contributed by atoms with Gasteiger partial charge in [0.1, 0.15) is 16.9 Å². The van der Waals surface area contributed by atoms with E-state index in [4.69, 9.17) is 13.9 Å². The molecule has 4 aromatic rings. The maximum atomic E-state index is 13.2. The van der Waals surface area contributed by atoms with Crippen molar-refractivity contribution in [2.75, 3.05) is 5.32 Å². The number of para-hydroxylation sites is 1. The van der Waals surface area contributed by atoms with Gasteiger partial charge in [-0.05, 0) is 78.3 Å². The molecule has 0 fully saturated rings. The van der Waals surface area contributed by atoms with E-state index in [0.717, 1.165) is 11.1 Å². The van der Waals surface area contributed by atoms with Crippen LogP contribution >= 0.6 is 0 Å². The van der Waals surface area contributed by atoms with E-state index >= 15 is 0 Å². The largest absolute Gasteiger partial charge is 0.475 e. The van der Waals surface area contributed by atoms with E-state index in [-0.39, 0.29) is 17.6 Å². The Morgan fingerprint density at radius 3 is 2.42 bits per heavy atom. The molecule has 2 aromatic heterocycles. The molecule has 0 aliphatic rings. The topological polar surface area (TPSA) is 90.7 Å². The zero-order valence-electron chi connectivity index (χ0n) is 22.9. The van der Waals surface area contributed by atoms with Gasteiger partial charge in [-0.25, -0.2) is 9.78 Å². The summed E-state index contributed by atoms with van der Waals surface area (Å²) in [6.07, 6.45) is 1.64. The highest BCUT2D eigenvalue weighted by Gasteiger charge is 2.22. The third-order valence-corrected chi connectivity index (χ3v) is 5.76. The summed E-state index contributed by atoms with van der Waals surface area (Å²) in [6, 6.07) is 15.8. The van der Waals surface area contributed by atoms with Gasteiger partial charge in [0.15, 0.2) is 5.43 Å². The molecule has 7 nitrogen and oxygen atoms in total. The number of ether oxygens (including phenoxy) is 2. The van der Waals surface area contributed by atoms with Gasteiger partial charge in [0, 0.05) is 35.1 Å². The van der Waals surface area contributed by atoms with Crippen molar-refractivity contribution in [2.45, 2.75) is 66.2 Å². The van der Waals surface area contributed by atoms with Crippen LogP contribution in [0.1, 0.15) is 69.1 Å². The van der Waals surface area contributed by atoms with Crippen molar-refractivity contribution in [1.82, 2.24) is 4.98 Å². The summed E-state index contributed by atoms with van der Waals surface area (Å²) in [5.41, 5.74) is 3.18. The Kier molecular flexibility index (Phi) is 7.58. The number of nitrogens with zero attached hydrogens (tertiary/aromatic N) is 1. The van der Waals surface area contributed by atoms with Gasteiger partial charge in [-0.2, -0.15) is 0 Å². The van der Waals surface area contributed by atoms with E-state index in [2.05, 4.69) is 10.3 Å². The third kappa shape index (κ3) is 6.22. The molecule has 38 heavy (non-hydrogen) atoms. The number of anilines is 1. The average Bonchev–Trinajstić information content (AvgIpc) is 2.83. The fourth-order valence-corrected chi connectivity index (χ4v) is 4.17. The molecule has 0 saturated heterocycles. The summed E-state index contributed by atoms with van der Waals surface area (Å²) < 4.78 is 17.6. The summed E-state index contributed by atoms with van der Waals surface area (Å²) in [7, 11) is 0. The second-order valence-corrected chi connectivity index (χ2v) is 10.7. The highest BCUT2D eigenvalue weighted by Crippen LogP contribution is 2.32. The van der Waals surface area contributed by atoms with E-state index < -0.39 is 11.6 Å². The lowest BCUT2D eigenvalue weighted by molar-refractivity contribution is 0.00706. The van der Waals surface area contributed by atoms with Gasteiger partial charge < -0.3 is 19.2 Å². The van der Waals surface area contributed by atoms with Gasteiger partial charge >= 0.3 is 5.97 Å². The average molecular weight is 515 g/mol.